The molecule has 1 aromatic carbocycles. The second-order valence-corrected chi connectivity index (χ2v) is 8.61. The highest BCUT2D eigenvalue weighted by Crippen LogP contribution is 2.32. The summed E-state index contributed by atoms with van der Waals surface area (Å²) in [5, 5.41) is 2.06. The number of carbonyl (C=O) groups is 1. The van der Waals surface area contributed by atoms with Gasteiger partial charge in [-0.1, -0.05) is 12.1 Å². The number of Topliss-reactive ketones (excluding diaryl/α,β-unsaturated/α-hetero) is 1. The van der Waals surface area contributed by atoms with Crippen molar-refractivity contribution in [1.82, 2.24) is 9.97 Å². The molecule has 29 heavy (non-hydrogen) atoms. The summed E-state index contributed by atoms with van der Waals surface area (Å²) in [6.07, 6.45) is 3.86. The fourth-order valence-electron chi connectivity index (χ4n) is 4.23. The molecule has 3 heterocycles. The number of hydrogen-bond acceptors (Lipinski definition) is 6. The van der Waals surface area contributed by atoms with Crippen LogP contribution in [0.25, 0.3) is 10.2 Å². The van der Waals surface area contributed by atoms with Gasteiger partial charge in [0.05, 0.1) is 10.2 Å². The lowest BCUT2D eigenvalue weighted by Crippen LogP contribution is -2.22. The summed E-state index contributed by atoms with van der Waals surface area (Å²) >= 11 is 1.69. The first-order chi connectivity index (χ1) is 14.2. The molecule has 3 aromatic rings. The molecule has 1 fully saturated rings. The third-order valence-corrected chi connectivity index (χ3v) is 6.69. The number of thiophene rings is 1. The summed E-state index contributed by atoms with van der Waals surface area (Å²) in [6, 6.07) is 10.5. The van der Waals surface area contributed by atoms with E-state index in [1.807, 2.05) is 6.07 Å². The summed E-state index contributed by atoms with van der Waals surface area (Å²) in [4.78, 5) is 26.1. The average Bonchev–Trinajstić information content (AvgIpc) is 3.39. The SMILES string of the molecule is CCN(CC)c1ccc(CC(=O)CC2CCN(c3ncnc4ccsc34)C2)cc1. The molecule has 0 spiro atoms. The van der Waals surface area contributed by atoms with Gasteiger partial charge in [0.15, 0.2) is 0 Å². The van der Waals surface area contributed by atoms with Crippen molar-refractivity contribution in [2.24, 2.45) is 5.92 Å². The van der Waals surface area contributed by atoms with Gasteiger partial charge in [-0.15, -0.1) is 11.3 Å². The van der Waals surface area contributed by atoms with Crippen LogP contribution in [0.4, 0.5) is 11.5 Å². The van der Waals surface area contributed by atoms with Crippen molar-refractivity contribution in [3.8, 4) is 0 Å². The van der Waals surface area contributed by atoms with E-state index in [0.29, 0.717) is 24.5 Å². The summed E-state index contributed by atoms with van der Waals surface area (Å²) in [5.74, 6) is 1.76. The van der Waals surface area contributed by atoms with E-state index in [1.165, 1.54) is 5.69 Å². The summed E-state index contributed by atoms with van der Waals surface area (Å²) in [6.45, 7) is 8.18. The van der Waals surface area contributed by atoms with Crippen molar-refractivity contribution in [3.63, 3.8) is 0 Å². The first-order valence-corrected chi connectivity index (χ1v) is 11.3. The van der Waals surface area contributed by atoms with Crippen molar-refractivity contribution in [3.05, 3.63) is 47.6 Å². The highest BCUT2D eigenvalue weighted by Gasteiger charge is 2.27. The minimum absolute atomic E-state index is 0.330. The molecule has 1 aliphatic rings. The lowest BCUT2D eigenvalue weighted by molar-refractivity contribution is -0.119. The van der Waals surface area contributed by atoms with Gasteiger partial charge in [-0.2, -0.15) is 0 Å². The Hall–Kier alpha value is -2.47. The first-order valence-electron chi connectivity index (χ1n) is 10.5. The lowest BCUT2D eigenvalue weighted by atomic mass is 9.97. The van der Waals surface area contributed by atoms with E-state index in [2.05, 4.69) is 63.3 Å². The number of ketones is 1. The van der Waals surface area contributed by atoms with Gasteiger partial charge in [-0.25, -0.2) is 9.97 Å². The first kappa shape index (κ1) is 19.8. The Kier molecular flexibility index (Phi) is 6.09. The molecule has 1 unspecified atom stereocenters. The van der Waals surface area contributed by atoms with Gasteiger partial charge in [0.2, 0.25) is 0 Å². The van der Waals surface area contributed by atoms with Gasteiger partial charge in [0.25, 0.3) is 0 Å². The zero-order valence-corrected chi connectivity index (χ0v) is 18.0. The van der Waals surface area contributed by atoms with Gasteiger partial charge in [-0.3, -0.25) is 4.79 Å². The van der Waals surface area contributed by atoms with E-state index in [-0.39, 0.29) is 0 Å². The highest BCUT2D eigenvalue weighted by atomic mass is 32.1. The Bertz CT molecular complexity index is 964. The van der Waals surface area contributed by atoms with Crippen LogP contribution >= 0.6 is 11.3 Å². The van der Waals surface area contributed by atoms with Crippen LogP contribution in [-0.2, 0) is 11.2 Å². The third-order valence-electron chi connectivity index (χ3n) is 5.79. The lowest BCUT2D eigenvalue weighted by Gasteiger charge is -2.21. The molecular weight excluding hydrogens is 380 g/mol. The molecule has 5 nitrogen and oxygen atoms in total. The molecule has 0 N–H and O–H groups in total. The molecule has 0 aliphatic carbocycles. The number of benzene rings is 1. The van der Waals surface area contributed by atoms with Crippen molar-refractivity contribution in [1.29, 1.82) is 0 Å². The molecule has 1 saturated heterocycles. The third kappa shape index (κ3) is 4.42. The highest BCUT2D eigenvalue weighted by molar-refractivity contribution is 7.17. The van der Waals surface area contributed by atoms with Crippen LogP contribution in [0, 0.1) is 5.92 Å². The van der Waals surface area contributed by atoms with E-state index >= 15 is 0 Å². The molecule has 1 atom stereocenters. The predicted molar refractivity (Wildman–Crippen MR) is 121 cm³/mol. The topological polar surface area (TPSA) is 49.3 Å². The summed E-state index contributed by atoms with van der Waals surface area (Å²) < 4.78 is 1.15. The number of nitrogens with zero attached hydrogens (tertiary/aromatic N) is 4. The second kappa shape index (κ2) is 8.91. The number of fused-ring (bicyclic) bond motifs is 1. The number of aromatic nitrogens is 2. The number of hydrogen-bond donors (Lipinski definition) is 0. The standard InChI is InChI=1S/C23H28N4OS/c1-3-26(4-2)19-7-5-17(6-8-19)13-20(28)14-18-9-11-27(15-18)23-22-21(10-12-29-22)24-16-25-23/h5-8,10,12,16,18H,3-4,9,11,13-15H2,1-2H3. The quantitative estimate of drug-likeness (QED) is 0.547. The molecule has 2 aromatic heterocycles. The predicted octanol–water partition coefficient (Wildman–Crippen LogP) is 4.57. The Balaban J connectivity index is 1.33. The van der Waals surface area contributed by atoms with E-state index in [9.17, 15) is 4.79 Å². The fraction of sp³-hybridized carbons (Fsp3) is 0.435. The number of anilines is 2. The molecule has 152 valence electrons. The zero-order chi connectivity index (χ0) is 20.2. The van der Waals surface area contributed by atoms with Gasteiger partial charge in [0, 0.05) is 44.7 Å². The molecule has 0 amide bonds. The van der Waals surface area contributed by atoms with Crippen LogP contribution in [0.15, 0.2) is 42.0 Å². The monoisotopic (exact) mass is 408 g/mol. The summed E-state index contributed by atoms with van der Waals surface area (Å²) in [7, 11) is 0. The molecule has 4 rings (SSSR count). The maximum Gasteiger partial charge on any atom is 0.150 e. The molecule has 6 heteroatoms. The maximum atomic E-state index is 12.7. The van der Waals surface area contributed by atoms with E-state index in [4.69, 9.17) is 0 Å². The molecule has 1 aliphatic heterocycles. The van der Waals surface area contributed by atoms with Crippen molar-refractivity contribution in [2.45, 2.75) is 33.1 Å². The van der Waals surface area contributed by atoms with Gasteiger partial charge in [0.1, 0.15) is 17.9 Å². The van der Waals surface area contributed by atoms with Crippen molar-refractivity contribution in [2.75, 3.05) is 36.0 Å². The van der Waals surface area contributed by atoms with Crippen LogP contribution in [0.5, 0.6) is 0 Å². The second-order valence-electron chi connectivity index (χ2n) is 7.69. The molecule has 0 saturated carbocycles. The Morgan fingerprint density at radius 1 is 1.17 bits per heavy atom. The van der Waals surface area contributed by atoms with Crippen LogP contribution < -0.4 is 9.80 Å². The Morgan fingerprint density at radius 3 is 2.72 bits per heavy atom. The molecule has 0 bridgehead atoms. The maximum absolute atomic E-state index is 12.7. The molecule has 0 radical (unpaired) electrons. The largest absolute Gasteiger partial charge is 0.372 e. The van der Waals surface area contributed by atoms with Gasteiger partial charge in [-0.05, 0) is 55.3 Å². The number of carbonyl (C=O) groups excluding carboxylic acids is 1. The smallest absolute Gasteiger partial charge is 0.150 e. The van der Waals surface area contributed by atoms with Crippen molar-refractivity contribution < 1.29 is 4.79 Å². The van der Waals surface area contributed by atoms with Crippen molar-refractivity contribution >= 4 is 38.8 Å². The van der Waals surface area contributed by atoms with E-state index in [0.717, 1.165) is 54.2 Å². The molecular formula is C23H28N4OS. The van der Waals surface area contributed by atoms with E-state index < -0.39 is 0 Å². The fourth-order valence-corrected chi connectivity index (χ4v) is 5.09. The van der Waals surface area contributed by atoms with Crippen LogP contribution in [0.1, 0.15) is 32.3 Å². The van der Waals surface area contributed by atoms with Gasteiger partial charge >= 0.3 is 0 Å². The normalized spacial score (nSPS) is 16.5. The number of rotatable bonds is 8. The van der Waals surface area contributed by atoms with E-state index in [1.54, 1.807) is 17.7 Å². The minimum Gasteiger partial charge on any atom is -0.372 e. The Morgan fingerprint density at radius 2 is 1.97 bits per heavy atom. The average molecular weight is 409 g/mol. The van der Waals surface area contributed by atoms with Gasteiger partial charge < -0.3 is 9.80 Å². The van der Waals surface area contributed by atoms with Crippen LogP contribution in [0.3, 0.4) is 0 Å². The van der Waals surface area contributed by atoms with Crippen LogP contribution in [0.2, 0.25) is 0 Å². The summed E-state index contributed by atoms with van der Waals surface area (Å²) in [5.41, 5.74) is 3.34. The zero-order valence-electron chi connectivity index (χ0n) is 17.2. The van der Waals surface area contributed by atoms with Crippen LogP contribution in [-0.4, -0.2) is 41.9 Å². The Labute approximate surface area is 176 Å². The minimum atomic E-state index is 0.330.